The third-order valence-corrected chi connectivity index (χ3v) is 5.24. The van der Waals surface area contributed by atoms with Crippen molar-refractivity contribution in [3.05, 3.63) is 0 Å². The Morgan fingerprint density at radius 1 is 1.12 bits per heavy atom. The molecule has 0 aromatic heterocycles. The van der Waals surface area contributed by atoms with Gasteiger partial charge in [0, 0.05) is 18.1 Å². The van der Waals surface area contributed by atoms with Gasteiger partial charge in [-0.2, -0.15) is 0 Å². The van der Waals surface area contributed by atoms with Crippen molar-refractivity contribution < 1.29 is 16.8 Å². The second-order valence-electron chi connectivity index (χ2n) is 4.23. The summed E-state index contributed by atoms with van der Waals surface area (Å²) >= 11 is 0. The van der Waals surface area contributed by atoms with E-state index in [9.17, 15) is 16.8 Å². The molecule has 0 rings (SSSR count). The van der Waals surface area contributed by atoms with Crippen molar-refractivity contribution in [1.82, 2.24) is 5.32 Å². The molecule has 0 bridgehead atoms. The molecule has 0 aliphatic carbocycles. The first-order valence-electron chi connectivity index (χ1n) is 5.81. The summed E-state index contributed by atoms with van der Waals surface area (Å²) in [6.45, 7) is 4.20. The highest BCUT2D eigenvalue weighted by molar-refractivity contribution is 7.91. The normalized spacial score (nSPS) is 14.8. The summed E-state index contributed by atoms with van der Waals surface area (Å²) in [5, 5.41) is 3.07. The van der Waals surface area contributed by atoms with Gasteiger partial charge in [0.2, 0.25) is 0 Å². The van der Waals surface area contributed by atoms with Gasteiger partial charge in [-0.1, -0.05) is 13.8 Å². The Morgan fingerprint density at radius 2 is 1.71 bits per heavy atom. The zero-order valence-electron chi connectivity index (χ0n) is 10.8. The minimum atomic E-state index is -3.03. The smallest absolute Gasteiger partial charge is 0.150 e. The predicted molar refractivity (Wildman–Crippen MR) is 70.7 cm³/mol. The molecule has 0 spiro atoms. The highest BCUT2D eigenvalue weighted by Gasteiger charge is 2.15. The molecule has 0 aromatic rings. The number of hydrogen-bond donors (Lipinski definition) is 1. The summed E-state index contributed by atoms with van der Waals surface area (Å²) in [4.78, 5) is 0. The quantitative estimate of drug-likeness (QED) is 0.655. The average molecular weight is 285 g/mol. The largest absolute Gasteiger partial charge is 0.313 e. The summed E-state index contributed by atoms with van der Waals surface area (Å²) in [5.74, 6) is 0.340. The molecule has 1 N–H and O–H groups in total. The second kappa shape index (κ2) is 7.33. The van der Waals surface area contributed by atoms with Crippen molar-refractivity contribution in [3.63, 3.8) is 0 Å². The molecule has 0 fully saturated rings. The van der Waals surface area contributed by atoms with E-state index in [0.29, 0.717) is 19.4 Å². The van der Waals surface area contributed by atoms with Crippen LogP contribution in [0.2, 0.25) is 0 Å². The SMILES string of the molecule is CCNC(CCCS(=O)(=O)CC)CS(C)(=O)=O. The number of hydrogen-bond acceptors (Lipinski definition) is 5. The van der Waals surface area contributed by atoms with Gasteiger partial charge in [0.05, 0.1) is 11.5 Å². The van der Waals surface area contributed by atoms with E-state index < -0.39 is 19.7 Å². The first kappa shape index (κ1) is 16.9. The molecule has 17 heavy (non-hydrogen) atoms. The lowest BCUT2D eigenvalue weighted by atomic mass is 10.2. The molecule has 0 amide bonds. The van der Waals surface area contributed by atoms with E-state index in [1.54, 1.807) is 6.92 Å². The zero-order valence-corrected chi connectivity index (χ0v) is 12.4. The van der Waals surface area contributed by atoms with Gasteiger partial charge in [0.15, 0.2) is 0 Å². The molecule has 1 unspecified atom stereocenters. The van der Waals surface area contributed by atoms with Gasteiger partial charge in [-0.15, -0.1) is 0 Å². The lowest BCUT2D eigenvalue weighted by Gasteiger charge is -2.16. The Labute approximate surface area is 105 Å². The third-order valence-electron chi connectivity index (χ3n) is 2.44. The molecular weight excluding hydrogens is 262 g/mol. The molecule has 0 aliphatic rings. The van der Waals surface area contributed by atoms with E-state index in [-0.39, 0.29) is 23.3 Å². The van der Waals surface area contributed by atoms with Crippen LogP contribution >= 0.6 is 0 Å². The van der Waals surface area contributed by atoms with Gasteiger partial charge in [0.1, 0.15) is 19.7 Å². The van der Waals surface area contributed by atoms with Crippen LogP contribution in [0.25, 0.3) is 0 Å². The summed E-state index contributed by atoms with van der Waals surface area (Å²) in [6, 6.07) is -0.151. The molecule has 0 heterocycles. The monoisotopic (exact) mass is 285 g/mol. The highest BCUT2D eigenvalue weighted by atomic mass is 32.2. The summed E-state index contributed by atoms with van der Waals surface area (Å²) < 4.78 is 44.9. The maximum absolute atomic E-state index is 11.3. The molecule has 0 radical (unpaired) electrons. The molecule has 0 aliphatic heterocycles. The van der Waals surface area contributed by atoms with E-state index >= 15 is 0 Å². The lowest BCUT2D eigenvalue weighted by Crippen LogP contribution is -2.35. The first-order valence-corrected chi connectivity index (χ1v) is 9.70. The van der Waals surface area contributed by atoms with Crippen molar-refractivity contribution in [1.29, 1.82) is 0 Å². The highest BCUT2D eigenvalue weighted by Crippen LogP contribution is 2.04. The second-order valence-corrected chi connectivity index (χ2v) is 8.88. The Kier molecular flexibility index (Phi) is 7.27. The number of rotatable bonds is 9. The van der Waals surface area contributed by atoms with Crippen molar-refractivity contribution in [2.75, 3.05) is 30.1 Å². The van der Waals surface area contributed by atoms with Crippen LogP contribution < -0.4 is 5.32 Å². The standard InChI is InChI=1S/C10H23NO4S2/c1-4-11-10(9-16(3,12)13)7-6-8-17(14,15)5-2/h10-11H,4-9H2,1-3H3. The molecule has 5 nitrogen and oxygen atoms in total. The van der Waals surface area contributed by atoms with E-state index in [4.69, 9.17) is 0 Å². The van der Waals surface area contributed by atoms with Crippen molar-refractivity contribution in [3.8, 4) is 0 Å². The predicted octanol–water partition coefficient (Wildman–Crippen LogP) is 0.224. The Bertz CT molecular complexity index is 400. The van der Waals surface area contributed by atoms with Gasteiger partial charge in [0.25, 0.3) is 0 Å². The summed E-state index contributed by atoms with van der Waals surface area (Å²) in [7, 11) is -5.98. The Morgan fingerprint density at radius 3 is 2.12 bits per heavy atom. The van der Waals surface area contributed by atoms with Crippen molar-refractivity contribution >= 4 is 19.7 Å². The van der Waals surface area contributed by atoms with E-state index in [0.717, 1.165) is 0 Å². The summed E-state index contributed by atoms with van der Waals surface area (Å²) in [5.41, 5.74) is 0. The fourth-order valence-corrected chi connectivity index (χ4v) is 3.50. The molecule has 0 aromatic carbocycles. The number of nitrogens with one attached hydrogen (secondary N) is 1. The van der Waals surface area contributed by atoms with E-state index in [1.807, 2.05) is 6.92 Å². The molecule has 104 valence electrons. The topological polar surface area (TPSA) is 80.3 Å². The lowest BCUT2D eigenvalue weighted by molar-refractivity contribution is 0.512. The van der Waals surface area contributed by atoms with Crippen LogP contribution in [0.4, 0.5) is 0 Å². The van der Waals surface area contributed by atoms with Crippen LogP contribution in [-0.2, 0) is 19.7 Å². The minimum Gasteiger partial charge on any atom is -0.313 e. The molecule has 7 heteroatoms. The summed E-state index contributed by atoms with van der Waals surface area (Å²) in [6.07, 6.45) is 2.27. The van der Waals surface area contributed by atoms with E-state index in [2.05, 4.69) is 5.32 Å². The van der Waals surface area contributed by atoms with Crippen LogP contribution in [0.1, 0.15) is 26.7 Å². The van der Waals surface area contributed by atoms with Crippen LogP contribution in [0.3, 0.4) is 0 Å². The van der Waals surface area contributed by atoms with Gasteiger partial charge >= 0.3 is 0 Å². The van der Waals surface area contributed by atoms with Crippen molar-refractivity contribution in [2.24, 2.45) is 0 Å². The Hall–Kier alpha value is -0.140. The van der Waals surface area contributed by atoms with Crippen LogP contribution in [0.5, 0.6) is 0 Å². The fraction of sp³-hybridized carbons (Fsp3) is 1.00. The molecular formula is C10H23NO4S2. The molecule has 0 saturated heterocycles. The maximum atomic E-state index is 11.3. The third kappa shape index (κ3) is 9.55. The van der Waals surface area contributed by atoms with Gasteiger partial charge in [-0.25, -0.2) is 16.8 Å². The number of sulfone groups is 2. The minimum absolute atomic E-state index is 0.0625. The Balaban J connectivity index is 4.19. The van der Waals surface area contributed by atoms with Crippen LogP contribution in [0, 0.1) is 0 Å². The molecule has 1 atom stereocenters. The zero-order chi connectivity index (χ0) is 13.5. The van der Waals surface area contributed by atoms with E-state index in [1.165, 1.54) is 6.26 Å². The van der Waals surface area contributed by atoms with Gasteiger partial charge in [-0.3, -0.25) is 0 Å². The first-order chi connectivity index (χ1) is 7.70. The van der Waals surface area contributed by atoms with Crippen LogP contribution in [-0.4, -0.2) is 52.9 Å². The van der Waals surface area contributed by atoms with Gasteiger partial charge < -0.3 is 5.32 Å². The fourth-order valence-electron chi connectivity index (χ4n) is 1.59. The van der Waals surface area contributed by atoms with Crippen molar-refractivity contribution in [2.45, 2.75) is 32.7 Å². The molecule has 0 saturated carbocycles. The average Bonchev–Trinajstić information content (AvgIpc) is 2.15. The van der Waals surface area contributed by atoms with Crippen LogP contribution in [0.15, 0.2) is 0 Å². The van der Waals surface area contributed by atoms with Gasteiger partial charge in [-0.05, 0) is 19.4 Å². The maximum Gasteiger partial charge on any atom is 0.150 e.